The summed E-state index contributed by atoms with van der Waals surface area (Å²) in [7, 11) is 0. The number of hydrogen-bond donors (Lipinski definition) is 1. The van der Waals surface area contributed by atoms with Crippen LogP contribution in [0.5, 0.6) is 0 Å². The molecule has 1 N–H and O–H groups in total. The standard InChI is InChI=1S/C15H13F3N2O5/c16-15(17,18)8-19-11(21)7-25-14(24)9-2-1-3-10(6-9)20-12(22)4-5-13(20)23/h1-3,6H,4-5,7-8H2,(H,19,21). The number of nitrogens with one attached hydrogen (secondary N) is 1. The molecule has 0 aliphatic carbocycles. The number of esters is 1. The zero-order valence-corrected chi connectivity index (χ0v) is 12.8. The average Bonchev–Trinajstić information content (AvgIpc) is 2.89. The number of rotatable bonds is 5. The summed E-state index contributed by atoms with van der Waals surface area (Å²) >= 11 is 0. The third kappa shape index (κ3) is 5.03. The highest BCUT2D eigenvalue weighted by molar-refractivity contribution is 6.20. The van der Waals surface area contributed by atoms with E-state index in [0.29, 0.717) is 0 Å². The minimum absolute atomic E-state index is 0.0476. The lowest BCUT2D eigenvalue weighted by Crippen LogP contribution is -2.36. The molecule has 0 radical (unpaired) electrons. The van der Waals surface area contributed by atoms with Crippen LogP contribution in [-0.4, -0.2) is 43.0 Å². The third-order valence-electron chi connectivity index (χ3n) is 3.21. The van der Waals surface area contributed by atoms with Crippen molar-refractivity contribution in [3.05, 3.63) is 29.8 Å². The summed E-state index contributed by atoms with van der Waals surface area (Å²) in [6, 6.07) is 5.42. The molecule has 1 aromatic rings. The van der Waals surface area contributed by atoms with Crippen LogP contribution in [0.4, 0.5) is 18.9 Å². The zero-order valence-electron chi connectivity index (χ0n) is 12.8. The van der Waals surface area contributed by atoms with Crippen molar-refractivity contribution in [1.29, 1.82) is 0 Å². The number of hydrogen-bond acceptors (Lipinski definition) is 5. The van der Waals surface area contributed by atoms with Crippen LogP contribution in [0.25, 0.3) is 0 Å². The predicted octanol–water partition coefficient (Wildman–Crippen LogP) is 1.18. The first-order chi connectivity index (χ1) is 11.7. The van der Waals surface area contributed by atoms with Gasteiger partial charge in [-0.3, -0.25) is 19.3 Å². The predicted molar refractivity (Wildman–Crippen MR) is 77.5 cm³/mol. The van der Waals surface area contributed by atoms with Crippen molar-refractivity contribution in [3.63, 3.8) is 0 Å². The molecule has 0 atom stereocenters. The Morgan fingerprint density at radius 3 is 2.40 bits per heavy atom. The molecule has 10 heteroatoms. The SMILES string of the molecule is O=C(COC(=O)c1cccc(N2C(=O)CCC2=O)c1)NCC(F)(F)F. The summed E-state index contributed by atoms with van der Waals surface area (Å²) in [5.74, 6) is -2.88. The van der Waals surface area contributed by atoms with E-state index in [9.17, 15) is 32.3 Å². The Balaban J connectivity index is 1.96. The molecule has 0 unspecified atom stereocenters. The van der Waals surface area contributed by atoms with Crippen LogP contribution < -0.4 is 10.2 Å². The summed E-state index contributed by atoms with van der Waals surface area (Å²) in [6.07, 6.45) is -4.41. The third-order valence-corrected chi connectivity index (χ3v) is 3.21. The number of alkyl halides is 3. The van der Waals surface area contributed by atoms with Crippen molar-refractivity contribution in [3.8, 4) is 0 Å². The van der Waals surface area contributed by atoms with Crippen molar-refractivity contribution in [2.75, 3.05) is 18.1 Å². The van der Waals surface area contributed by atoms with Gasteiger partial charge < -0.3 is 10.1 Å². The van der Waals surface area contributed by atoms with E-state index < -0.39 is 43.0 Å². The van der Waals surface area contributed by atoms with Gasteiger partial charge in [0.2, 0.25) is 11.8 Å². The van der Waals surface area contributed by atoms with Crippen molar-refractivity contribution in [1.82, 2.24) is 5.32 Å². The van der Waals surface area contributed by atoms with Gasteiger partial charge in [0.15, 0.2) is 6.61 Å². The van der Waals surface area contributed by atoms with Crippen LogP contribution in [0.1, 0.15) is 23.2 Å². The lowest BCUT2D eigenvalue weighted by atomic mass is 10.2. The number of amides is 3. The van der Waals surface area contributed by atoms with Crippen molar-refractivity contribution in [2.24, 2.45) is 0 Å². The van der Waals surface area contributed by atoms with Crippen molar-refractivity contribution >= 4 is 29.4 Å². The molecule has 1 saturated heterocycles. The van der Waals surface area contributed by atoms with Crippen LogP contribution >= 0.6 is 0 Å². The Hall–Kier alpha value is -2.91. The highest BCUT2D eigenvalue weighted by Crippen LogP contribution is 2.23. The number of carbonyl (C=O) groups is 4. The van der Waals surface area contributed by atoms with E-state index in [0.717, 1.165) is 4.90 Å². The maximum atomic E-state index is 12.0. The molecule has 7 nitrogen and oxygen atoms in total. The fourth-order valence-corrected chi connectivity index (χ4v) is 2.10. The van der Waals surface area contributed by atoms with E-state index in [1.807, 2.05) is 0 Å². The molecular formula is C15H13F3N2O5. The smallest absolute Gasteiger partial charge is 0.405 e. The Kier molecular flexibility index (Phi) is 5.40. The quantitative estimate of drug-likeness (QED) is 0.630. The van der Waals surface area contributed by atoms with Gasteiger partial charge in [-0.15, -0.1) is 0 Å². The van der Waals surface area contributed by atoms with E-state index in [1.165, 1.54) is 24.3 Å². The lowest BCUT2D eigenvalue weighted by Gasteiger charge is -2.14. The molecule has 1 fully saturated rings. The van der Waals surface area contributed by atoms with E-state index in [-0.39, 0.29) is 24.1 Å². The first-order valence-electron chi connectivity index (χ1n) is 7.14. The molecule has 0 spiro atoms. The van der Waals surface area contributed by atoms with Gasteiger partial charge >= 0.3 is 12.1 Å². The molecule has 1 aliphatic rings. The molecule has 1 heterocycles. The molecule has 3 amide bonds. The maximum Gasteiger partial charge on any atom is 0.405 e. The minimum atomic E-state index is -4.57. The highest BCUT2D eigenvalue weighted by atomic mass is 19.4. The minimum Gasteiger partial charge on any atom is -0.452 e. The fourth-order valence-electron chi connectivity index (χ4n) is 2.10. The number of benzene rings is 1. The van der Waals surface area contributed by atoms with Gasteiger partial charge in [0.25, 0.3) is 5.91 Å². The van der Waals surface area contributed by atoms with E-state index >= 15 is 0 Å². The number of halogens is 3. The van der Waals surface area contributed by atoms with E-state index in [1.54, 1.807) is 5.32 Å². The van der Waals surface area contributed by atoms with E-state index in [4.69, 9.17) is 0 Å². The summed E-state index contributed by atoms with van der Waals surface area (Å²) in [5, 5.41) is 1.56. The molecule has 2 rings (SSSR count). The largest absolute Gasteiger partial charge is 0.452 e. The molecule has 0 saturated carbocycles. The fraction of sp³-hybridized carbons (Fsp3) is 0.333. The molecule has 1 aromatic carbocycles. The second-order valence-corrected chi connectivity index (χ2v) is 5.14. The highest BCUT2D eigenvalue weighted by Gasteiger charge is 2.31. The number of carbonyl (C=O) groups excluding carboxylic acids is 4. The number of anilines is 1. The van der Waals surface area contributed by atoms with Crippen LogP contribution in [0.2, 0.25) is 0 Å². The summed E-state index contributed by atoms with van der Waals surface area (Å²) < 4.78 is 40.5. The Labute approximate surface area is 139 Å². The zero-order chi connectivity index (χ0) is 18.6. The molecule has 0 bridgehead atoms. The first-order valence-corrected chi connectivity index (χ1v) is 7.14. The second kappa shape index (κ2) is 7.32. The van der Waals surface area contributed by atoms with Crippen LogP contribution in [-0.2, 0) is 19.1 Å². The molecule has 0 aromatic heterocycles. The second-order valence-electron chi connectivity index (χ2n) is 5.14. The molecule has 25 heavy (non-hydrogen) atoms. The molecular weight excluding hydrogens is 345 g/mol. The molecule has 134 valence electrons. The Morgan fingerprint density at radius 2 is 1.80 bits per heavy atom. The van der Waals surface area contributed by atoms with Crippen molar-refractivity contribution in [2.45, 2.75) is 19.0 Å². The number of nitrogens with zero attached hydrogens (tertiary/aromatic N) is 1. The normalized spacial score (nSPS) is 14.6. The number of ether oxygens (including phenoxy) is 1. The van der Waals surface area contributed by atoms with Gasteiger partial charge in [0.05, 0.1) is 11.3 Å². The van der Waals surface area contributed by atoms with Crippen LogP contribution in [0.3, 0.4) is 0 Å². The topological polar surface area (TPSA) is 92.8 Å². The maximum absolute atomic E-state index is 12.0. The van der Waals surface area contributed by atoms with Crippen LogP contribution in [0.15, 0.2) is 24.3 Å². The Morgan fingerprint density at radius 1 is 1.16 bits per heavy atom. The Bertz CT molecular complexity index is 701. The summed E-state index contributed by atoms with van der Waals surface area (Å²) in [4.78, 5) is 47.4. The summed E-state index contributed by atoms with van der Waals surface area (Å²) in [6.45, 7) is -2.42. The van der Waals surface area contributed by atoms with Crippen molar-refractivity contribution < 1.29 is 37.1 Å². The van der Waals surface area contributed by atoms with Gasteiger partial charge in [0.1, 0.15) is 6.54 Å². The molecule has 1 aliphatic heterocycles. The number of imide groups is 1. The van der Waals surface area contributed by atoms with Gasteiger partial charge in [-0.25, -0.2) is 4.79 Å². The average molecular weight is 358 g/mol. The summed E-state index contributed by atoms with van der Waals surface area (Å²) in [5.41, 5.74) is 0.136. The van der Waals surface area contributed by atoms with Gasteiger partial charge in [0, 0.05) is 12.8 Å². The van der Waals surface area contributed by atoms with E-state index in [2.05, 4.69) is 4.74 Å². The lowest BCUT2D eigenvalue weighted by molar-refractivity contribution is -0.140. The van der Waals surface area contributed by atoms with Gasteiger partial charge in [-0.2, -0.15) is 13.2 Å². The monoisotopic (exact) mass is 358 g/mol. The first kappa shape index (κ1) is 18.4. The van der Waals surface area contributed by atoms with Gasteiger partial charge in [-0.1, -0.05) is 6.07 Å². The van der Waals surface area contributed by atoms with Gasteiger partial charge in [-0.05, 0) is 18.2 Å². The van der Waals surface area contributed by atoms with Crippen LogP contribution in [0, 0.1) is 0 Å².